The average molecular weight is 254 g/mol. The number of hydrogen-bond donors (Lipinski definition) is 1. The minimum absolute atomic E-state index is 0.342. The van der Waals surface area contributed by atoms with Gasteiger partial charge in [-0.05, 0) is 47.9 Å². The molecule has 0 saturated heterocycles. The van der Waals surface area contributed by atoms with Gasteiger partial charge in [-0.3, -0.25) is 0 Å². The third kappa shape index (κ3) is 3.60. The van der Waals surface area contributed by atoms with Crippen LogP contribution in [0.25, 0.3) is 0 Å². The summed E-state index contributed by atoms with van der Waals surface area (Å²) in [6, 6.07) is 18.3. The van der Waals surface area contributed by atoms with Gasteiger partial charge in [-0.2, -0.15) is 0 Å². The second-order valence-electron chi connectivity index (χ2n) is 5.24. The number of aromatic hydroxyl groups is 1. The normalized spacial score (nSPS) is 14.0. The van der Waals surface area contributed by atoms with Crippen molar-refractivity contribution in [2.24, 2.45) is 0 Å². The van der Waals surface area contributed by atoms with E-state index in [2.05, 4.69) is 44.2 Å². The molecule has 0 aliphatic carbocycles. The summed E-state index contributed by atoms with van der Waals surface area (Å²) in [7, 11) is 0. The molecule has 0 fully saturated rings. The molecule has 2 unspecified atom stereocenters. The zero-order valence-corrected chi connectivity index (χ0v) is 11.7. The van der Waals surface area contributed by atoms with Crippen LogP contribution in [-0.2, 0) is 0 Å². The molecule has 2 rings (SSSR count). The summed E-state index contributed by atoms with van der Waals surface area (Å²) in [6.45, 7) is 4.52. The molecule has 1 N–H and O–H groups in total. The lowest BCUT2D eigenvalue weighted by molar-refractivity contribution is 0.474. The van der Waals surface area contributed by atoms with E-state index in [1.165, 1.54) is 11.1 Å². The Labute approximate surface area is 115 Å². The fourth-order valence-electron chi connectivity index (χ4n) is 2.63. The second-order valence-corrected chi connectivity index (χ2v) is 5.24. The van der Waals surface area contributed by atoms with Gasteiger partial charge < -0.3 is 5.11 Å². The molecule has 0 spiro atoms. The van der Waals surface area contributed by atoms with Crippen LogP contribution >= 0.6 is 0 Å². The average Bonchev–Trinajstić information content (AvgIpc) is 2.46. The maximum atomic E-state index is 9.37. The Morgan fingerprint density at radius 3 is 2.11 bits per heavy atom. The SMILES string of the molecule is CCC(CC(C)c1ccccc1)c1ccc(O)cc1. The van der Waals surface area contributed by atoms with Crippen LogP contribution in [0.4, 0.5) is 0 Å². The molecule has 0 aromatic heterocycles. The van der Waals surface area contributed by atoms with E-state index >= 15 is 0 Å². The zero-order chi connectivity index (χ0) is 13.7. The van der Waals surface area contributed by atoms with Crippen molar-refractivity contribution < 1.29 is 5.11 Å². The molecule has 1 heteroatoms. The number of rotatable bonds is 5. The van der Waals surface area contributed by atoms with E-state index in [4.69, 9.17) is 0 Å². The fraction of sp³-hybridized carbons (Fsp3) is 0.333. The second kappa shape index (κ2) is 6.42. The van der Waals surface area contributed by atoms with Crippen LogP contribution in [0.2, 0.25) is 0 Å². The van der Waals surface area contributed by atoms with Crippen molar-refractivity contribution >= 4 is 0 Å². The number of phenolic OH excluding ortho intramolecular Hbond substituents is 1. The Hall–Kier alpha value is -1.76. The van der Waals surface area contributed by atoms with Crippen LogP contribution in [0.3, 0.4) is 0 Å². The van der Waals surface area contributed by atoms with E-state index in [-0.39, 0.29) is 0 Å². The quantitative estimate of drug-likeness (QED) is 0.789. The van der Waals surface area contributed by atoms with Gasteiger partial charge >= 0.3 is 0 Å². The fourth-order valence-corrected chi connectivity index (χ4v) is 2.63. The Bertz CT molecular complexity index is 487. The highest BCUT2D eigenvalue weighted by Gasteiger charge is 2.14. The van der Waals surface area contributed by atoms with Gasteiger partial charge in [0.2, 0.25) is 0 Å². The van der Waals surface area contributed by atoms with E-state index in [0.717, 1.165) is 12.8 Å². The first kappa shape index (κ1) is 13.7. The van der Waals surface area contributed by atoms with Crippen LogP contribution < -0.4 is 0 Å². The number of benzene rings is 2. The first-order valence-electron chi connectivity index (χ1n) is 7.04. The van der Waals surface area contributed by atoms with Crippen molar-refractivity contribution in [1.29, 1.82) is 0 Å². The third-order valence-corrected chi connectivity index (χ3v) is 3.86. The highest BCUT2D eigenvalue weighted by molar-refractivity contribution is 5.29. The molecular weight excluding hydrogens is 232 g/mol. The van der Waals surface area contributed by atoms with Crippen molar-refractivity contribution in [1.82, 2.24) is 0 Å². The maximum Gasteiger partial charge on any atom is 0.115 e. The van der Waals surface area contributed by atoms with Crippen LogP contribution in [0.15, 0.2) is 54.6 Å². The molecule has 19 heavy (non-hydrogen) atoms. The van der Waals surface area contributed by atoms with E-state index in [0.29, 0.717) is 17.6 Å². The van der Waals surface area contributed by atoms with Crippen LogP contribution in [0.5, 0.6) is 5.75 Å². The van der Waals surface area contributed by atoms with Crippen molar-refractivity contribution in [2.45, 2.75) is 38.5 Å². The highest BCUT2D eigenvalue weighted by atomic mass is 16.3. The van der Waals surface area contributed by atoms with Crippen molar-refractivity contribution in [2.75, 3.05) is 0 Å². The van der Waals surface area contributed by atoms with Gasteiger partial charge in [0, 0.05) is 0 Å². The van der Waals surface area contributed by atoms with E-state index in [9.17, 15) is 5.11 Å². The van der Waals surface area contributed by atoms with Gasteiger partial charge in [-0.15, -0.1) is 0 Å². The summed E-state index contributed by atoms with van der Waals surface area (Å²) in [5, 5.41) is 9.37. The van der Waals surface area contributed by atoms with Crippen LogP contribution in [0.1, 0.15) is 49.7 Å². The standard InChI is InChI=1S/C18H22O/c1-3-15(17-9-11-18(19)12-10-17)13-14(2)16-7-5-4-6-8-16/h4-12,14-15,19H,3,13H2,1-2H3. The first-order chi connectivity index (χ1) is 9.20. The number of hydrogen-bond acceptors (Lipinski definition) is 1. The molecule has 0 radical (unpaired) electrons. The molecule has 1 nitrogen and oxygen atoms in total. The van der Waals surface area contributed by atoms with E-state index in [1.54, 1.807) is 12.1 Å². The lowest BCUT2D eigenvalue weighted by atomic mass is 9.85. The molecule has 0 heterocycles. The molecule has 100 valence electrons. The van der Waals surface area contributed by atoms with Gasteiger partial charge in [0.15, 0.2) is 0 Å². The Balaban J connectivity index is 2.09. The molecule has 2 aromatic rings. The third-order valence-electron chi connectivity index (χ3n) is 3.86. The monoisotopic (exact) mass is 254 g/mol. The summed E-state index contributed by atoms with van der Waals surface area (Å²) in [5.74, 6) is 1.45. The van der Waals surface area contributed by atoms with Crippen molar-refractivity contribution in [3.8, 4) is 5.75 Å². The Morgan fingerprint density at radius 2 is 1.53 bits per heavy atom. The van der Waals surface area contributed by atoms with Crippen molar-refractivity contribution in [3.05, 3.63) is 65.7 Å². The minimum atomic E-state index is 0.342. The largest absolute Gasteiger partial charge is 0.508 e. The summed E-state index contributed by atoms with van der Waals surface area (Å²) < 4.78 is 0. The highest BCUT2D eigenvalue weighted by Crippen LogP contribution is 2.32. The zero-order valence-electron chi connectivity index (χ0n) is 11.7. The summed E-state index contributed by atoms with van der Waals surface area (Å²) in [6.07, 6.45) is 2.27. The summed E-state index contributed by atoms with van der Waals surface area (Å²) in [4.78, 5) is 0. The topological polar surface area (TPSA) is 20.2 Å². The summed E-state index contributed by atoms with van der Waals surface area (Å²) in [5.41, 5.74) is 2.72. The minimum Gasteiger partial charge on any atom is -0.508 e. The molecular formula is C18H22O. The molecule has 0 aliphatic rings. The van der Waals surface area contributed by atoms with Crippen molar-refractivity contribution in [3.63, 3.8) is 0 Å². The molecule has 0 amide bonds. The van der Waals surface area contributed by atoms with Gasteiger partial charge in [0.1, 0.15) is 5.75 Å². The Morgan fingerprint density at radius 1 is 0.895 bits per heavy atom. The lowest BCUT2D eigenvalue weighted by Crippen LogP contribution is -2.03. The van der Waals surface area contributed by atoms with Gasteiger partial charge in [-0.1, -0.05) is 56.3 Å². The lowest BCUT2D eigenvalue weighted by Gasteiger charge is -2.20. The Kier molecular flexibility index (Phi) is 4.62. The summed E-state index contributed by atoms with van der Waals surface area (Å²) >= 11 is 0. The van der Waals surface area contributed by atoms with E-state index in [1.807, 2.05) is 12.1 Å². The van der Waals surface area contributed by atoms with Gasteiger partial charge in [0.25, 0.3) is 0 Å². The molecule has 2 aromatic carbocycles. The van der Waals surface area contributed by atoms with Crippen LogP contribution in [-0.4, -0.2) is 5.11 Å². The van der Waals surface area contributed by atoms with Gasteiger partial charge in [-0.25, -0.2) is 0 Å². The smallest absolute Gasteiger partial charge is 0.115 e. The first-order valence-corrected chi connectivity index (χ1v) is 7.04. The molecule has 2 atom stereocenters. The predicted octanol–water partition coefficient (Wildman–Crippen LogP) is 5.08. The molecule has 0 aliphatic heterocycles. The van der Waals surface area contributed by atoms with Crippen LogP contribution in [0, 0.1) is 0 Å². The predicted molar refractivity (Wildman–Crippen MR) is 80.6 cm³/mol. The maximum absolute atomic E-state index is 9.37. The molecule has 0 saturated carbocycles. The van der Waals surface area contributed by atoms with E-state index < -0.39 is 0 Å². The number of phenols is 1. The molecule has 0 bridgehead atoms. The van der Waals surface area contributed by atoms with Gasteiger partial charge in [0.05, 0.1) is 0 Å².